The number of fused-ring (bicyclic) bond motifs is 1. The molecule has 2 aromatic heterocycles. The highest BCUT2D eigenvalue weighted by Crippen LogP contribution is 2.40. The van der Waals surface area contributed by atoms with Crippen LogP contribution in [0.5, 0.6) is 5.75 Å². The number of nitrogens with zero attached hydrogens (tertiary/aromatic N) is 3. The standard InChI is InChI=1S/C19H12F6N4O2/c1-9(18(20,21)22)30-15-5-4-11(6-13(15)19(23,24)25)17-27-16(29-31-17)10-2-3-12-8-26-28-14(12)7-10/h2-9H,1H3,(H,26,28). The number of aromatic nitrogens is 4. The Balaban J connectivity index is 1.68. The molecule has 2 aromatic carbocycles. The summed E-state index contributed by atoms with van der Waals surface area (Å²) in [4.78, 5) is 4.09. The van der Waals surface area contributed by atoms with Crippen molar-refractivity contribution in [1.29, 1.82) is 0 Å². The van der Waals surface area contributed by atoms with E-state index in [1.54, 1.807) is 24.4 Å². The SMILES string of the molecule is CC(Oc1ccc(-c2nc(-c3ccc4cn[nH]c4c3)no2)cc1C(F)(F)F)C(F)(F)F. The maximum atomic E-state index is 13.4. The van der Waals surface area contributed by atoms with Gasteiger partial charge in [0, 0.05) is 16.5 Å². The summed E-state index contributed by atoms with van der Waals surface area (Å²) >= 11 is 0. The van der Waals surface area contributed by atoms with E-state index in [1.807, 2.05) is 0 Å². The first-order valence-electron chi connectivity index (χ1n) is 8.74. The summed E-state index contributed by atoms with van der Waals surface area (Å²) in [5, 5.41) is 11.3. The number of benzene rings is 2. The van der Waals surface area contributed by atoms with Gasteiger partial charge >= 0.3 is 12.4 Å². The fourth-order valence-corrected chi connectivity index (χ4v) is 2.78. The van der Waals surface area contributed by atoms with Crippen LogP contribution in [0, 0.1) is 0 Å². The minimum Gasteiger partial charge on any atom is -0.481 e. The molecule has 0 bridgehead atoms. The van der Waals surface area contributed by atoms with Crippen LogP contribution in [0.4, 0.5) is 26.3 Å². The molecule has 2 heterocycles. The van der Waals surface area contributed by atoms with E-state index in [4.69, 9.17) is 4.52 Å². The van der Waals surface area contributed by atoms with Crippen LogP contribution >= 0.6 is 0 Å². The van der Waals surface area contributed by atoms with Gasteiger partial charge in [-0.2, -0.15) is 36.4 Å². The average molecular weight is 442 g/mol. The van der Waals surface area contributed by atoms with Gasteiger partial charge in [0.15, 0.2) is 6.10 Å². The summed E-state index contributed by atoms with van der Waals surface area (Å²) < 4.78 is 88.0. The van der Waals surface area contributed by atoms with Crippen molar-refractivity contribution in [1.82, 2.24) is 20.3 Å². The fraction of sp³-hybridized carbons (Fsp3) is 0.211. The van der Waals surface area contributed by atoms with E-state index in [1.165, 1.54) is 0 Å². The van der Waals surface area contributed by atoms with Gasteiger partial charge in [-0.15, -0.1) is 0 Å². The molecule has 1 unspecified atom stereocenters. The lowest BCUT2D eigenvalue weighted by Crippen LogP contribution is -2.31. The first kappa shape index (κ1) is 20.7. The molecule has 31 heavy (non-hydrogen) atoms. The van der Waals surface area contributed by atoms with E-state index in [2.05, 4.69) is 25.1 Å². The Labute approximate surface area is 169 Å². The van der Waals surface area contributed by atoms with Gasteiger partial charge in [0.05, 0.1) is 17.3 Å². The van der Waals surface area contributed by atoms with Crippen LogP contribution in [0.1, 0.15) is 12.5 Å². The minimum absolute atomic E-state index is 0.117. The number of aromatic amines is 1. The van der Waals surface area contributed by atoms with Crippen LogP contribution in [0.25, 0.3) is 33.7 Å². The van der Waals surface area contributed by atoms with E-state index in [-0.39, 0.29) is 17.3 Å². The molecule has 162 valence electrons. The van der Waals surface area contributed by atoms with Crippen molar-refractivity contribution in [3.8, 4) is 28.6 Å². The number of rotatable bonds is 4. The van der Waals surface area contributed by atoms with Gasteiger partial charge in [0.25, 0.3) is 5.89 Å². The predicted octanol–water partition coefficient (Wildman–Crippen LogP) is 5.63. The zero-order valence-corrected chi connectivity index (χ0v) is 15.5. The summed E-state index contributed by atoms with van der Waals surface area (Å²) in [5.74, 6) is -1.07. The van der Waals surface area contributed by atoms with E-state index in [9.17, 15) is 26.3 Å². The fourth-order valence-electron chi connectivity index (χ4n) is 2.78. The molecular weight excluding hydrogens is 430 g/mol. The monoisotopic (exact) mass is 442 g/mol. The molecule has 0 aliphatic heterocycles. The Morgan fingerprint density at radius 3 is 2.45 bits per heavy atom. The summed E-state index contributed by atoms with van der Waals surface area (Å²) in [7, 11) is 0. The normalized spacial score (nSPS) is 13.5. The van der Waals surface area contributed by atoms with Crippen molar-refractivity contribution in [2.45, 2.75) is 25.4 Å². The third-order valence-corrected chi connectivity index (χ3v) is 4.42. The quantitative estimate of drug-likeness (QED) is 0.415. The zero-order chi connectivity index (χ0) is 22.4. The number of hydrogen-bond acceptors (Lipinski definition) is 5. The molecular formula is C19H12F6N4O2. The van der Waals surface area contributed by atoms with Crippen LogP contribution in [0.3, 0.4) is 0 Å². The molecule has 4 aromatic rings. The number of nitrogens with one attached hydrogen (secondary N) is 1. The van der Waals surface area contributed by atoms with Crippen LogP contribution < -0.4 is 4.74 Å². The number of ether oxygens (including phenoxy) is 1. The Bertz CT molecular complexity index is 1230. The third kappa shape index (κ3) is 4.18. The van der Waals surface area contributed by atoms with Gasteiger partial charge in [0.1, 0.15) is 5.75 Å². The summed E-state index contributed by atoms with van der Waals surface area (Å²) in [6.45, 7) is 0.620. The predicted molar refractivity (Wildman–Crippen MR) is 96.0 cm³/mol. The van der Waals surface area contributed by atoms with Crippen LogP contribution in [0.2, 0.25) is 0 Å². The van der Waals surface area contributed by atoms with Crippen LogP contribution in [-0.4, -0.2) is 32.6 Å². The highest BCUT2D eigenvalue weighted by Gasteiger charge is 2.41. The lowest BCUT2D eigenvalue weighted by Gasteiger charge is -2.20. The van der Waals surface area contributed by atoms with Crippen molar-refractivity contribution in [2.75, 3.05) is 0 Å². The highest BCUT2D eigenvalue weighted by atomic mass is 19.4. The maximum Gasteiger partial charge on any atom is 0.425 e. The van der Waals surface area contributed by atoms with E-state index in [0.717, 1.165) is 17.5 Å². The van der Waals surface area contributed by atoms with Crippen molar-refractivity contribution >= 4 is 10.9 Å². The van der Waals surface area contributed by atoms with Gasteiger partial charge in [0.2, 0.25) is 5.82 Å². The third-order valence-electron chi connectivity index (χ3n) is 4.42. The highest BCUT2D eigenvalue weighted by molar-refractivity contribution is 5.82. The topological polar surface area (TPSA) is 76.8 Å². The van der Waals surface area contributed by atoms with Gasteiger partial charge in [-0.3, -0.25) is 5.10 Å². The van der Waals surface area contributed by atoms with E-state index in [0.29, 0.717) is 24.1 Å². The molecule has 0 aliphatic rings. The largest absolute Gasteiger partial charge is 0.481 e. The van der Waals surface area contributed by atoms with Crippen molar-refractivity contribution in [2.24, 2.45) is 0 Å². The molecule has 0 fully saturated rings. The molecule has 0 radical (unpaired) electrons. The van der Waals surface area contributed by atoms with Gasteiger partial charge in [-0.1, -0.05) is 17.3 Å². The summed E-state index contributed by atoms with van der Waals surface area (Å²) in [6.07, 6.45) is -10.6. The molecule has 6 nitrogen and oxygen atoms in total. The minimum atomic E-state index is -4.97. The van der Waals surface area contributed by atoms with Gasteiger partial charge in [-0.05, 0) is 31.2 Å². The van der Waals surface area contributed by atoms with Crippen molar-refractivity contribution < 1.29 is 35.6 Å². The smallest absolute Gasteiger partial charge is 0.425 e. The Morgan fingerprint density at radius 1 is 1.00 bits per heavy atom. The lowest BCUT2D eigenvalue weighted by molar-refractivity contribution is -0.191. The molecule has 1 atom stereocenters. The van der Waals surface area contributed by atoms with E-state index < -0.39 is 29.8 Å². The molecule has 0 amide bonds. The van der Waals surface area contributed by atoms with Gasteiger partial charge < -0.3 is 9.26 Å². The molecule has 0 aliphatic carbocycles. The molecule has 12 heteroatoms. The summed E-state index contributed by atoms with van der Waals surface area (Å²) in [5.41, 5.74) is -0.286. The van der Waals surface area contributed by atoms with Crippen LogP contribution in [0.15, 0.2) is 47.1 Å². The van der Waals surface area contributed by atoms with Crippen LogP contribution in [-0.2, 0) is 6.18 Å². The Morgan fingerprint density at radius 2 is 1.74 bits per heavy atom. The molecule has 4 rings (SSSR count). The second-order valence-corrected chi connectivity index (χ2v) is 6.61. The summed E-state index contributed by atoms with van der Waals surface area (Å²) in [6, 6.07) is 7.63. The Kier molecular flexibility index (Phi) is 4.86. The molecule has 0 saturated carbocycles. The lowest BCUT2D eigenvalue weighted by atomic mass is 10.1. The Hall–Kier alpha value is -3.57. The van der Waals surface area contributed by atoms with Crippen molar-refractivity contribution in [3.05, 3.63) is 48.2 Å². The van der Waals surface area contributed by atoms with Gasteiger partial charge in [-0.25, -0.2) is 0 Å². The number of H-pyrrole nitrogens is 1. The molecule has 1 N–H and O–H groups in total. The number of alkyl halides is 6. The van der Waals surface area contributed by atoms with Crippen molar-refractivity contribution in [3.63, 3.8) is 0 Å². The molecule has 0 saturated heterocycles. The maximum absolute atomic E-state index is 13.4. The second-order valence-electron chi connectivity index (χ2n) is 6.61. The zero-order valence-electron chi connectivity index (χ0n) is 15.5. The number of halogens is 6. The first-order valence-corrected chi connectivity index (χ1v) is 8.74. The average Bonchev–Trinajstić information content (AvgIpc) is 3.35. The second kappa shape index (κ2) is 7.29. The van der Waals surface area contributed by atoms with E-state index >= 15 is 0 Å². The first-order chi connectivity index (χ1) is 14.5. The molecule has 0 spiro atoms. The number of hydrogen-bond donors (Lipinski definition) is 1.